The molecule has 3 atom stereocenters. The van der Waals surface area contributed by atoms with Gasteiger partial charge in [-0.3, -0.25) is 9.80 Å². The quantitative estimate of drug-likeness (QED) is 0.856. The molecule has 0 aliphatic carbocycles. The van der Waals surface area contributed by atoms with Gasteiger partial charge in [-0.05, 0) is 32.2 Å². The third-order valence-electron chi connectivity index (χ3n) is 4.98. The average Bonchev–Trinajstić information content (AvgIpc) is 2.96. The molecule has 116 valence electrons. The molecule has 3 aliphatic rings. The molecule has 3 nitrogen and oxygen atoms in total. The van der Waals surface area contributed by atoms with Gasteiger partial charge in [0.2, 0.25) is 0 Å². The second kappa shape index (κ2) is 5.81. The summed E-state index contributed by atoms with van der Waals surface area (Å²) in [6, 6.07) is 1.36. The molecule has 20 heavy (non-hydrogen) atoms. The second-order valence-corrected chi connectivity index (χ2v) is 6.50. The summed E-state index contributed by atoms with van der Waals surface area (Å²) in [6.07, 6.45) is 1.77. The molecule has 0 aromatic carbocycles. The fraction of sp³-hybridized carbons (Fsp3) is 1.00. The van der Waals surface area contributed by atoms with E-state index in [0.717, 1.165) is 19.4 Å². The molecule has 3 saturated heterocycles. The van der Waals surface area contributed by atoms with Crippen LogP contribution >= 0.6 is 0 Å². The fourth-order valence-electron chi connectivity index (χ4n) is 4.11. The molecule has 3 aliphatic heterocycles. The van der Waals surface area contributed by atoms with Gasteiger partial charge < -0.3 is 5.32 Å². The van der Waals surface area contributed by atoms with Crippen LogP contribution < -0.4 is 5.32 Å². The van der Waals surface area contributed by atoms with Crippen LogP contribution in [-0.4, -0.2) is 66.8 Å². The Morgan fingerprint density at radius 3 is 2.65 bits per heavy atom. The van der Waals surface area contributed by atoms with Gasteiger partial charge >= 0.3 is 6.18 Å². The van der Waals surface area contributed by atoms with Crippen molar-refractivity contribution in [2.75, 3.05) is 32.7 Å². The third-order valence-corrected chi connectivity index (χ3v) is 4.98. The third kappa shape index (κ3) is 3.46. The summed E-state index contributed by atoms with van der Waals surface area (Å²) in [5.74, 6) is 0. The van der Waals surface area contributed by atoms with E-state index < -0.39 is 12.7 Å². The molecule has 3 heterocycles. The predicted octanol–water partition coefficient (Wildman–Crippen LogP) is 1.84. The number of nitrogens with zero attached hydrogens (tertiary/aromatic N) is 2. The Bertz CT molecular complexity index is 334. The largest absolute Gasteiger partial charge is 0.401 e. The van der Waals surface area contributed by atoms with E-state index in [2.05, 4.69) is 10.2 Å². The zero-order valence-corrected chi connectivity index (χ0v) is 11.8. The maximum atomic E-state index is 12.4. The van der Waals surface area contributed by atoms with Crippen molar-refractivity contribution in [1.29, 1.82) is 0 Å². The molecule has 0 spiro atoms. The first kappa shape index (κ1) is 14.6. The number of hydrogen-bond donors (Lipinski definition) is 1. The van der Waals surface area contributed by atoms with E-state index in [4.69, 9.17) is 0 Å². The molecule has 0 radical (unpaired) electrons. The van der Waals surface area contributed by atoms with Crippen molar-refractivity contribution in [3.05, 3.63) is 0 Å². The van der Waals surface area contributed by atoms with Crippen LogP contribution in [0.1, 0.15) is 32.1 Å². The lowest BCUT2D eigenvalue weighted by molar-refractivity contribution is -0.143. The number of likely N-dealkylation sites (tertiary alicyclic amines) is 1. The van der Waals surface area contributed by atoms with Crippen molar-refractivity contribution in [2.24, 2.45) is 0 Å². The molecule has 3 fully saturated rings. The zero-order valence-electron chi connectivity index (χ0n) is 11.8. The lowest BCUT2D eigenvalue weighted by Crippen LogP contribution is -2.49. The minimum atomic E-state index is -4.07. The van der Waals surface area contributed by atoms with E-state index in [1.807, 2.05) is 0 Å². The van der Waals surface area contributed by atoms with Crippen molar-refractivity contribution in [3.8, 4) is 0 Å². The highest BCUT2D eigenvalue weighted by Crippen LogP contribution is 2.28. The number of piperidine rings is 1. The van der Waals surface area contributed by atoms with Crippen molar-refractivity contribution in [1.82, 2.24) is 15.1 Å². The van der Waals surface area contributed by atoms with E-state index in [0.29, 0.717) is 25.2 Å². The molecule has 0 aromatic rings. The Hall–Kier alpha value is -0.330. The van der Waals surface area contributed by atoms with Crippen LogP contribution in [0.3, 0.4) is 0 Å². The Balaban J connectivity index is 1.47. The molecule has 3 rings (SSSR count). The predicted molar refractivity (Wildman–Crippen MR) is 71.7 cm³/mol. The number of halogens is 3. The average molecular weight is 291 g/mol. The van der Waals surface area contributed by atoms with Crippen LogP contribution in [0.2, 0.25) is 0 Å². The van der Waals surface area contributed by atoms with E-state index in [-0.39, 0.29) is 6.04 Å². The van der Waals surface area contributed by atoms with Gasteiger partial charge in [-0.1, -0.05) is 6.42 Å². The Morgan fingerprint density at radius 2 is 1.85 bits per heavy atom. The topological polar surface area (TPSA) is 18.5 Å². The van der Waals surface area contributed by atoms with Crippen LogP contribution in [0.4, 0.5) is 13.2 Å². The lowest BCUT2D eigenvalue weighted by Gasteiger charge is -2.33. The van der Waals surface area contributed by atoms with Crippen LogP contribution in [0.25, 0.3) is 0 Å². The van der Waals surface area contributed by atoms with Gasteiger partial charge in [0, 0.05) is 37.8 Å². The fourth-order valence-corrected chi connectivity index (χ4v) is 4.11. The number of alkyl halides is 3. The smallest absolute Gasteiger partial charge is 0.308 e. The monoisotopic (exact) mass is 291 g/mol. The Labute approximate surface area is 118 Å². The molecule has 0 amide bonds. The molecule has 6 heteroatoms. The Kier molecular flexibility index (Phi) is 4.24. The minimum Gasteiger partial charge on any atom is -0.308 e. The molecule has 1 N–H and O–H groups in total. The molecule has 0 unspecified atom stereocenters. The van der Waals surface area contributed by atoms with Crippen LogP contribution in [-0.2, 0) is 0 Å². The summed E-state index contributed by atoms with van der Waals surface area (Å²) in [4.78, 5) is 4.09. The molecular weight excluding hydrogens is 267 g/mol. The van der Waals surface area contributed by atoms with Crippen molar-refractivity contribution >= 4 is 0 Å². The SMILES string of the molecule is FC(F)(F)CN1CC[C@H](N[C@@H]2CCN3CCCC[C@H]23)C1. The van der Waals surface area contributed by atoms with Gasteiger partial charge in [0.05, 0.1) is 6.54 Å². The van der Waals surface area contributed by atoms with Crippen LogP contribution in [0.5, 0.6) is 0 Å². The maximum Gasteiger partial charge on any atom is 0.401 e. The summed E-state index contributed by atoms with van der Waals surface area (Å²) < 4.78 is 37.2. The van der Waals surface area contributed by atoms with Crippen LogP contribution in [0.15, 0.2) is 0 Å². The highest BCUT2D eigenvalue weighted by molar-refractivity contribution is 4.96. The van der Waals surface area contributed by atoms with Crippen molar-refractivity contribution in [3.63, 3.8) is 0 Å². The van der Waals surface area contributed by atoms with Gasteiger partial charge in [-0.15, -0.1) is 0 Å². The first-order valence-electron chi connectivity index (χ1n) is 7.80. The van der Waals surface area contributed by atoms with Crippen molar-refractivity contribution < 1.29 is 13.2 Å². The van der Waals surface area contributed by atoms with Crippen molar-refractivity contribution in [2.45, 2.75) is 56.4 Å². The molecule has 0 bridgehead atoms. The lowest BCUT2D eigenvalue weighted by atomic mass is 9.98. The number of hydrogen-bond acceptors (Lipinski definition) is 3. The van der Waals surface area contributed by atoms with E-state index >= 15 is 0 Å². The standard InChI is InChI=1S/C14H24F3N3/c15-14(16,17)10-19-7-4-11(9-19)18-12-5-8-20-6-2-1-3-13(12)20/h11-13,18H,1-10H2/t11-,12+,13+/m0/s1. The van der Waals surface area contributed by atoms with Gasteiger partial charge in [0.25, 0.3) is 0 Å². The van der Waals surface area contributed by atoms with E-state index in [9.17, 15) is 13.2 Å². The van der Waals surface area contributed by atoms with E-state index in [1.165, 1.54) is 30.7 Å². The first-order valence-corrected chi connectivity index (χ1v) is 7.80. The van der Waals surface area contributed by atoms with Gasteiger partial charge in [0.1, 0.15) is 0 Å². The summed E-state index contributed by atoms with van der Waals surface area (Å²) in [5, 5.41) is 3.64. The number of nitrogens with one attached hydrogen (secondary N) is 1. The Morgan fingerprint density at radius 1 is 1.00 bits per heavy atom. The first-order chi connectivity index (χ1) is 9.51. The number of fused-ring (bicyclic) bond motifs is 1. The molecule has 0 aromatic heterocycles. The second-order valence-electron chi connectivity index (χ2n) is 6.50. The zero-order chi connectivity index (χ0) is 14.2. The highest BCUT2D eigenvalue weighted by Gasteiger charge is 2.39. The van der Waals surface area contributed by atoms with Gasteiger partial charge in [-0.2, -0.15) is 13.2 Å². The summed E-state index contributed by atoms with van der Waals surface area (Å²) in [5.41, 5.74) is 0. The van der Waals surface area contributed by atoms with Crippen LogP contribution in [0, 0.1) is 0 Å². The minimum absolute atomic E-state index is 0.240. The maximum absolute atomic E-state index is 12.4. The number of rotatable bonds is 3. The molecular formula is C14H24F3N3. The normalized spacial score (nSPS) is 36.5. The summed E-state index contributed by atoms with van der Waals surface area (Å²) in [6.45, 7) is 2.71. The summed E-state index contributed by atoms with van der Waals surface area (Å²) >= 11 is 0. The highest BCUT2D eigenvalue weighted by atomic mass is 19.4. The summed E-state index contributed by atoms with van der Waals surface area (Å²) in [7, 11) is 0. The van der Waals surface area contributed by atoms with Gasteiger partial charge in [0.15, 0.2) is 0 Å². The molecule has 0 saturated carbocycles. The van der Waals surface area contributed by atoms with Gasteiger partial charge in [-0.25, -0.2) is 0 Å². The van der Waals surface area contributed by atoms with E-state index in [1.54, 1.807) is 0 Å².